The summed E-state index contributed by atoms with van der Waals surface area (Å²) in [4.78, 5) is 11.0. The van der Waals surface area contributed by atoms with Crippen LogP contribution in [0.25, 0.3) is 0 Å². The summed E-state index contributed by atoms with van der Waals surface area (Å²) in [6, 6.07) is 5.16. The van der Waals surface area contributed by atoms with Gasteiger partial charge in [-0.3, -0.25) is 4.79 Å². The van der Waals surface area contributed by atoms with Crippen molar-refractivity contribution >= 4 is 11.6 Å². The van der Waals surface area contributed by atoms with Gasteiger partial charge in [0, 0.05) is 18.2 Å². The molecule has 0 saturated carbocycles. The van der Waals surface area contributed by atoms with Crippen molar-refractivity contribution in [2.45, 2.75) is 33.0 Å². The monoisotopic (exact) mass is 223 g/mol. The van der Waals surface area contributed by atoms with E-state index in [1.807, 2.05) is 0 Å². The van der Waals surface area contributed by atoms with Crippen molar-refractivity contribution in [1.82, 2.24) is 0 Å². The number of benzene rings is 1. The maximum absolute atomic E-state index is 11.0. The SMILES string of the molecule is CC(=O)Nc1cccc(C(C)(C)O)c1CO. The van der Waals surface area contributed by atoms with Crippen LogP contribution in [0.3, 0.4) is 0 Å². The first kappa shape index (κ1) is 12.7. The van der Waals surface area contributed by atoms with E-state index in [4.69, 9.17) is 0 Å². The predicted molar refractivity (Wildman–Crippen MR) is 61.9 cm³/mol. The fraction of sp³-hybridized carbons (Fsp3) is 0.417. The molecule has 0 atom stereocenters. The third-order valence-corrected chi connectivity index (χ3v) is 2.30. The molecule has 4 heteroatoms. The zero-order valence-corrected chi connectivity index (χ0v) is 9.74. The summed E-state index contributed by atoms with van der Waals surface area (Å²) < 4.78 is 0. The van der Waals surface area contributed by atoms with Gasteiger partial charge in [-0.2, -0.15) is 0 Å². The van der Waals surface area contributed by atoms with Crippen molar-refractivity contribution in [2.24, 2.45) is 0 Å². The Labute approximate surface area is 94.9 Å². The number of carbonyl (C=O) groups is 1. The van der Waals surface area contributed by atoms with Crippen LogP contribution < -0.4 is 5.32 Å². The fourth-order valence-corrected chi connectivity index (χ4v) is 1.64. The Balaban J connectivity index is 3.26. The van der Waals surface area contributed by atoms with Gasteiger partial charge in [-0.15, -0.1) is 0 Å². The van der Waals surface area contributed by atoms with Crippen LogP contribution in [-0.2, 0) is 17.0 Å². The lowest BCUT2D eigenvalue weighted by Crippen LogP contribution is -2.20. The summed E-state index contributed by atoms with van der Waals surface area (Å²) in [5.74, 6) is -0.206. The molecule has 0 spiro atoms. The first-order chi connectivity index (χ1) is 7.36. The van der Waals surface area contributed by atoms with E-state index in [1.54, 1.807) is 32.0 Å². The number of nitrogens with one attached hydrogen (secondary N) is 1. The van der Waals surface area contributed by atoms with E-state index in [2.05, 4.69) is 5.32 Å². The van der Waals surface area contributed by atoms with E-state index in [1.165, 1.54) is 6.92 Å². The zero-order valence-electron chi connectivity index (χ0n) is 9.74. The van der Waals surface area contributed by atoms with Gasteiger partial charge in [-0.05, 0) is 25.5 Å². The second-order valence-electron chi connectivity index (χ2n) is 4.23. The Morgan fingerprint density at radius 1 is 1.44 bits per heavy atom. The van der Waals surface area contributed by atoms with Crippen LogP contribution in [0.15, 0.2) is 18.2 Å². The molecule has 0 aromatic heterocycles. The topological polar surface area (TPSA) is 69.6 Å². The molecule has 1 aromatic rings. The lowest BCUT2D eigenvalue weighted by Gasteiger charge is -2.23. The molecule has 0 aliphatic heterocycles. The van der Waals surface area contributed by atoms with Crippen LogP contribution in [0.4, 0.5) is 5.69 Å². The molecule has 4 nitrogen and oxygen atoms in total. The van der Waals surface area contributed by atoms with Gasteiger partial charge in [-0.25, -0.2) is 0 Å². The second kappa shape index (κ2) is 4.63. The molecule has 0 heterocycles. The van der Waals surface area contributed by atoms with Crippen LogP contribution in [0.2, 0.25) is 0 Å². The number of aliphatic hydroxyl groups excluding tert-OH is 1. The Morgan fingerprint density at radius 2 is 2.06 bits per heavy atom. The molecular formula is C12H17NO3. The summed E-state index contributed by atoms with van der Waals surface area (Å²) in [6.45, 7) is 4.45. The van der Waals surface area contributed by atoms with Crippen molar-refractivity contribution in [3.05, 3.63) is 29.3 Å². The highest BCUT2D eigenvalue weighted by Gasteiger charge is 2.21. The largest absolute Gasteiger partial charge is 0.392 e. The van der Waals surface area contributed by atoms with Gasteiger partial charge < -0.3 is 15.5 Å². The number of aliphatic hydroxyl groups is 2. The zero-order chi connectivity index (χ0) is 12.3. The minimum absolute atomic E-state index is 0.206. The van der Waals surface area contributed by atoms with Crippen molar-refractivity contribution in [3.63, 3.8) is 0 Å². The van der Waals surface area contributed by atoms with Crippen molar-refractivity contribution in [3.8, 4) is 0 Å². The van der Waals surface area contributed by atoms with Crippen LogP contribution >= 0.6 is 0 Å². The lowest BCUT2D eigenvalue weighted by molar-refractivity contribution is -0.114. The fourth-order valence-electron chi connectivity index (χ4n) is 1.64. The number of hydrogen-bond acceptors (Lipinski definition) is 3. The second-order valence-corrected chi connectivity index (χ2v) is 4.23. The third-order valence-electron chi connectivity index (χ3n) is 2.30. The van der Waals surface area contributed by atoms with Crippen molar-refractivity contribution in [2.75, 3.05) is 5.32 Å². The van der Waals surface area contributed by atoms with E-state index < -0.39 is 5.60 Å². The van der Waals surface area contributed by atoms with E-state index in [0.29, 0.717) is 16.8 Å². The van der Waals surface area contributed by atoms with Crippen LogP contribution in [0.5, 0.6) is 0 Å². The smallest absolute Gasteiger partial charge is 0.221 e. The molecule has 0 aliphatic carbocycles. The Bertz CT molecular complexity index is 394. The Morgan fingerprint density at radius 3 is 2.50 bits per heavy atom. The number of amides is 1. The molecule has 0 unspecified atom stereocenters. The molecular weight excluding hydrogens is 206 g/mol. The normalized spacial score (nSPS) is 11.3. The van der Waals surface area contributed by atoms with Gasteiger partial charge in [0.1, 0.15) is 0 Å². The molecule has 1 aromatic carbocycles. The molecule has 3 N–H and O–H groups in total. The molecule has 16 heavy (non-hydrogen) atoms. The van der Waals surface area contributed by atoms with E-state index >= 15 is 0 Å². The number of carbonyl (C=O) groups excluding carboxylic acids is 1. The maximum atomic E-state index is 11.0. The van der Waals surface area contributed by atoms with Crippen LogP contribution in [0, 0.1) is 0 Å². The highest BCUT2D eigenvalue weighted by Crippen LogP contribution is 2.28. The van der Waals surface area contributed by atoms with Gasteiger partial charge in [0.15, 0.2) is 0 Å². The standard InChI is InChI=1S/C12H17NO3/c1-8(15)13-11-6-4-5-10(9(11)7-14)12(2,3)16/h4-6,14,16H,7H2,1-3H3,(H,13,15). The average molecular weight is 223 g/mol. The van der Waals surface area contributed by atoms with Gasteiger partial charge in [-0.1, -0.05) is 12.1 Å². The highest BCUT2D eigenvalue weighted by molar-refractivity contribution is 5.89. The van der Waals surface area contributed by atoms with Gasteiger partial charge in [0.2, 0.25) is 5.91 Å². The number of hydrogen-bond donors (Lipinski definition) is 3. The maximum Gasteiger partial charge on any atom is 0.221 e. The minimum Gasteiger partial charge on any atom is -0.392 e. The third kappa shape index (κ3) is 2.81. The van der Waals surface area contributed by atoms with E-state index in [0.717, 1.165) is 0 Å². The average Bonchev–Trinajstić information content (AvgIpc) is 2.15. The van der Waals surface area contributed by atoms with Crippen molar-refractivity contribution in [1.29, 1.82) is 0 Å². The molecule has 0 radical (unpaired) electrons. The number of anilines is 1. The summed E-state index contributed by atoms with van der Waals surface area (Å²) >= 11 is 0. The summed E-state index contributed by atoms with van der Waals surface area (Å²) in [6.07, 6.45) is 0. The molecule has 0 aliphatic rings. The van der Waals surface area contributed by atoms with Gasteiger partial charge in [0.05, 0.1) is 12.2 Å². The van der Waals surface area contributed by atoms with Crippen LogP contribution in [-0.4, -0.2) is 16.1 Å². The number of rotatable bonds is 3. The minimum atomic E-state index is -1.05. The summed E-state index contributed by atoms with van der Waals surface area (Å²) in [7, 11) is 0. The van der Waals surface area contributed by atoms with E-state index in [9.17, 15) is 15.0 Å². The Hall–Kier alpha value is -1.39. The molecule has 1 rings (SSSR count). The highest BCUT2D eigenvalue weighted by atomic mass is 16.3. The summed E-state index contributed by atoms with van der Waals surface area (Å²) in [5.41, 5.74) is 0.646. The molecule has 0 bridgehead atoms. The van der Waals surface area contributed by atoms with Gasteiger partial charge >= 0.3 is 0 Å². The first-order valence-corrected chi connectivity index (χ1v) is 5.09. The lowest BCUT2D eigenvalue weighted by atomic mass is 9.92. The quantitative estimate of drug-likeness (QED) is 0.724. The summed E-state index contributed by atoms with van der Waals surface area (Å²) in [5, 5.41) is 21.9. The molecule has 88 valence electrons. The molecule has 0 saturated heterocycles. The van der Waals surface area contributed by atoms with Crippen LogP contribution in [0.1, 0.15) is 31.9 Å². The Kier molecular flexibility index (Phi) is 3.67. The van der Waals surface area contributed by atoms with Gasteiger partial charge in [0.25, 0.3) is 0 Å². The van der Waals surface area contributed by atoms with E-state index in [-0.39, 0.29) is 12.5 Å². The first-order valence-electron chi connectivity index (χ1n) is 5.09. The molecule has 0 fully saturated rings. The molecule has 1 amide bonds. The predicted octanol–water partition coefficient (Wildman–Crippen LogP) is 1.36. The van der Waals surface area contributed by atoms with Crippen molar-refractivity contribution < 1.29 is 15.0 Å².